The van der Waals surface area contributed by atoms with Crippen molar-refractivity contribution in [3.05, 3.63) is 28.3 Å². The van der Waals surface area contributed by atoms with E-state index >= 15 is 0 Å². The van der Waals surface area contributed by atoms with Crippen LogP contribution in [0.15, 0.2) is 18.2 Å². The Balaban J connectivity index is 2.23. The highest BCUT2D eigenvalue weighted by molar-refractivity contribution is 6.20. The summed E-state index contributed by atoms with van der Waals surface area (Å²) < 4.78 is 0. The van der Waals surface area contributed by atoms with Crippen molar-refractivity contribution < 1.29 is 4.92 Å². The summed E-state index contributed by atoms with van der Waals surface area (Å²) >= 11 is 5.91. The van der Waals surface area contributed by atoms with Crippen LogP contribution in [0, 0.1) is 10.1 Å². The number of aromatic nitrogens is 2. The van der Waals surface area contributed by atoms with E-state index < -0.39 is 4.92 Å². The van der Waals surface area contributed by atoms with Crippen molar-refractivity contribution in [3.63, 3.8) is 0 Å². The van der Waals surface area contributed by atoms with Crippen molar-refractivity contribution >= 4 is 34.3 Å². The van der Waals surface area contributed by atoms with Gasteiger partial charge in [0, 0.05) is 31.1 Å². The lowest BCUT2D eigenvalue weighted by molar-refractivity contribution is -0.384. The molecule has 0 aliphatic carbocycles. The summed E-state index contributed by atoms with van der Waals surface area (Å²) in [5.41, 5.74) is 1.43. The third kappa shape index (κ3) is 3.14. The van der Waals surface area contributed by atoms with Crippen molar-refractivity contribution in [2.45, 2.75) is 18.7 Å². The van der Waals surface area contributed by atoms with Crippen LogP contribution in [-0.4, -0.2) is 33.9 Å². The lowest BCUT2D eigenvalue weighted by Gasteiger charge is -2.16. The average Bonchev–Trinajstić information content (AvgIpc) is 2.78. The lowest BCUT2D eigenvalue weighted by Crippen LogP contribution is -2.21. The quantitative estimate of drug-likeness (QED) is 0.520. The second-order valence-corrected chi connectivity index (χ2v) is 5.26. The first-order chi connectivity index (χ1) is 8.97. The monoisotopic (exact) mass is 282 g/mol. The number of non-ortho nitro benzene ring substituents is 1. The number of hydrogen-bond donors (Lipinski definition) is 1. The molecule has 0 aliphatic rings. The van der Waals surface area contributed by atoms with Crippen molar-refractivity contribution in [3.8, 4) is 0 Å². The van der Waals surface area contributed by atoms with E-state index in [1.54, 1.807) is 6.07 Å². The first kappa shape index (κ1) is 13.6. The second kappa shape index (κ2) is 5.44. The third-order valence-corrected chi connectivity index (χ3v) is 3.11. The predicted molar refractivity (Wildman–Crippen MR) is 76.0 cm³/mol. The first-order valence-electron chi connectivity index (χ1n) is 5.96. The normalized spacial score (nSPS) is 12.6. The number of halogens is 1. The highest BCUT2D eigenvalue weighted by Crippen LogP contribution is 2.21. The van der Waals surface area contributed by atoms with Gasteiger partial charge in [-0.2, -0.15) is 0 Å². The van der Waals surface area contributed by atoms with Crippen LogP contribution in [0.3, 0.4) is 0 Å². The number of benzene rings is 1. The molecule has 1 aromatic heterocycles. The van der Waals surface area contributed by atoms with Crippen LogP contribution in [0.1, 0.15) is 13.3 Å². The topological polar surface area (TPSA) is 75.1 Å². The Labute approximate surface area is 115 Å². The maximum atomic E-state index is 10.7. The molecular formula is C12H15ClN4O2. The van der Waals surface area contributed by atoms with Gasteiger partial charge < -0.3 is 9.88 Å². The number of imidazole rings is 1. The Morgan fingerprint density at radius 2 is 2.32 bits per heavy atom. The molecule has 102 valence electrons. The summed E-state index contributed by atoms with van der Waals surface area (Å²) in [5, 5.41) is 10.8. The van der Waals surface area contributed by atoms with Crippen molar-refractivity contribution in [2.75, 3.05) is 18.5 Å². The zero-order chi connectivity index (χ0) is 14.0. The fourth-order valence-corrected chi connectivity index (χ4v) is 1.85. The van der Waals surface area contributed by atoms with Gasteiger partial charge in [0.2, 0.25) is 5.95 Å². The molecule has 0 aliphatic heterocycles. The van der Waals surface area contributed by atoms with Crippen LogP contribution < -0.4 is 4.90 Å². The van der Waals surface area contributed by atoms with Crippen molar-refractivity contribution in [1.29, 1.82) is 0 Å². The molecule has 2 aromatic rings. The first-order valence-corrected chi connectivity index (χ1v) is 6.40. The number of nitrogens with one attached hydrogen (secondary N) is 1. The molecule has 0 saturated heterocycles. The number of anilines is 1. The standard InChI is InChI=1S/C12H15ClN4O2/c1-8(13)5-6-16(2)12-14-10-4-3-9(17(18)19)7-11(10)15-12/h3-4,7-8H,5-6H2,1-2H3,(H,14,15). The molecule has 2 rings (SSSR count). The molecule has 0 bridgehead atoms. The van der Waals surface area contributed by atoms with E-state index in [1.807, 2.05) is 18.9 Å². The number of fused-ring (bicyclic) bond motifs is 1. The molecule has 1 N–H and O–H groups in total. The Hall–Kier alpha value is -1.82. The molecule has 19 heavy (non-hydrogen) atoms. The van der Waals surface area contributed by atoms with Crippen LogP contribution in [0.4, 0.5) is 11.6 Å². The summed E-state index contributed by atoms with van der Waals surface area (Å²) in [7, 11) is 1.91. The molecule has 0 saturated carbocycles. The molecule has 6 nitrogen and oxygen atoms in total. The number of H-pyrrole nitrogens is 1. The molecule has 7 heteroatoms. The zero-order valence-electron chi connectivity index (χ0n) is 10.8. The van der Waals surface area contributed by atoms with Gasteiger partial charge in [0.25, 0.3) is 5.69 Å². The number of alkyl halides is 1. The summed E-state index contributed by atoms with van der Waals surface area (Å²) in [6.45, 7) is 2.71. The van der Waals surface area contributed by atoms with Gasteiger partial charge in [0.05, 0.1) is 16.0 Å². The number of nitro groups is 1. The molecule has 0 radical (unpaired) electrons. The molecule has 0 spiro atoms. The van der Waals surface area contributed by atoms with Gasteiger partial charge >= 0.3 is 0 Å². The average molecular weight is 283 g/mol. The summed E-state index contributed by atoms with van der Waals surface area (Å²) in [5.74, 6) is 0.688. The Morgan fingerprint density at radius 3 is 2.95 bits per heavy atom. The minimum atomic E-state index is -0.418. The molecule has 1 heterocycles. The van der Waals surface area contributed by atoms with E-state index in [2.05, 4.69) is 9.97 Å². The number of hydrogen-bond acceptors (Lipinski definition) is 4. The number of nitro benzene ring substituents is 1. The second-order valence-electron chi connectivity index (χ2n) is 4.51. The Morgan fingerprint density at radius 1 is 1.58 bits per heavy atom. The van der Waals surface area contributed by atoms with E-state index in [-0.39, 0.29) is 11.1 Å². The Bertz CT molecular complexity index is 596. The smallest absolute Gasteiger partial charge is 0.271 e. The van der Waals surface area contributed by atoms with E-state index in [4.69, 9.17) is 11.6 Å². The number of aromatic amines is 1. The van der Waals surface area contributed by atoms with Crippen molar-refractivity contribution in [2.24, 2.45) is 0 Å². The molecule has 1 atom stereocenters. The summed E-state index contributed by atoms with van der Waals surface area (Å²) in [6, 6.07) is 4.59. The number of rotatable bonds is 5. The van der Waals surface area contributed by atoms with E-state index in [1.165, 1.54) is 12.1 Å². The predicted octanol–water partition coefficient (Wildman–Crippen LogP) is 2.92. The van der Waals surface area contributed by atoms with E-state index in [9.17, 15) is 10.1 Å². The van der Waals surface area contributed by atoms with Gasteiger partial charge in [0.15, 0.2) is 0 Å². The molecule has 0 fully saturated rings. The summed E-state index contributed by atoms with van der Waals surface area (Å²) in [4.78, 5) is 19.7. The minimum absolute atomic E-state index is 0.0553. The fourth-order valence-electron chi connectivity index (χ4n) is 1.76. The van der Waals surface area contributed by atoms with Gasteiger partial charge in [-0.3, -0.25) is 10.1 Å². The molecular weight excluding hydrogens is 268 g/mol. The lowest BCUT2D eigenvalue weighted by atomic mass is 10.3. The van der Waals surface area contributed by atoms with Gasteiger partial charge in [-0.05, 0) is 19.4 Å². The highest BCUT2D eigenvalue weighted by Gasteiger charge is 2.12. The van der Waals surface area contributed by atoms with Gasteiger partial charge in [-0.1, -0.05) is 0 Å². The summed E-state index contributed by atoms with van der Waals surface area (Å²) in [6.07, 6.45) is 0.843. The molecule has 1 aromatic carbocycles. The fraction of sp³-hybridized carbons (Fsp3) is 0.417. The van der Waals surface area contributed by atoms with Crippen LogP contribution in [-0.2, 0) is 0 Å². The zero-order valence-corrected chi connectivity index (χ0v) is 11.5. The van der Waals surface area contributed by atoms with Crippen LogP contribution in [0.2, 0.25) is 0 Å². The SMILES string of the molecule is CC(Cl)CCN(C)c1nc2ccc([N+](=O)[O-])cc2[nH]1. The van der Waals surface area contributed by atoms with E-state index in [0.29, 0.717) is 17.0 Å². The maximum absolute atomic E-state index is 10.7. The molecule has 1 unspecified atom stereocenters. The Kier molecular flexibility index (Phi) is 3.90. The third-order valence-electron chi connectivity index (χ3n) is 2.89. The van der Waals surface area contributed by atoms with Crippen LogP contribution >= 0.6 is 11.6 Å². The van der Waals surface area contributed by atoms with Crippen LogP contribution in [0.5, 0.6) is 0 Å². The van der Waals surface area contributed by atoms with Crippen LogP contribution in [0.25, 0.3) is 11.0 Å². The van der Waals surface area contributed by atoms with E-state index in [0.717, 1.165) is 13.0 Å². The van der Waals surface area contributed by atoms with Gasteiger partial charge in [0.1, 0.15) is 0 Å². The maximum Gasteiger partial charge on any atom is 0.271 e. The number of nitrogens with zero attached hydrogens (tertiary/aromatic N) is 3. The minimum Gasteiger partial charge on any atom is -0.345 e. The largest absolute Gasteiger partial charge is 0.345 e. The molecule has 0 amide bonds. The van der Waals surface area contributed by atoms with Gasteiger partial charge in [-0.15, -0.1) is 11.6 Å². The van der Waals surface area contributed by atoms with Gasteiger partial charge in [-0.25, -0.2) is 4.98 Å². The highest BCUT2D eigenvalue weighted by atomic mass is 35.5. The van der Waals surface area contributed by atoms with Crippen molar-refractivity contribution in [1.82, 2.24) is 9.97 Å².